The molecular weight excluding hydrogens is 278 g/mol. The Morgan fingerprint density at radius 2 is 1.76 bits per heavy atom. The number of aliphatic carboxylic acids is 1. The maximum atomic E-state index is 12.0. The quantitative estimate of drug-likeness (QED) is 0.722. The van der Waals surface area contributed by atoms with Crippen molar-refractivity contribution in [3.63, 3.8) is 0 Å². The van der Waals surface area contributed by atoms with Gasteiger partial charge < -0.3 is 10.2 Å². The molecule has 1 unspecified atom stereocenters. The topological polar surface area (TPSA) is 104 Å². The van der Waals surface area contributed by atoms with Crippen LogP contribution >= 0.6 is 0 Å². The second kappa shape index (κ2) is 6.47. The van der Waals surface area contributed by atoms with Crippen molar-refractivity contribution in [2.75, 3.05) is 6.61 Å². The molecule has 21 heavy (non-hydrogen) atoms. The summed E-state index contributed by atoms with van der Waals surface area (Å²) >= 11 is 0. The summed E-state index contributed by atoms with van der Waals surface area (Å²) in [5.74, 6) is -2.10. The molecule has 0 saturated carbocycles. The third kappa shape index (κ3) is 3.26. The van der Waals surface area contributed by atoms with E-state index < -0.39 is 30.5 Å². The Hall–Kier alpha value is -2.25. The Bertz CT molecular complexity index is 535. The number of carbonyl (C=O) groups is 3. The summed E-state index contributed by atoms with van der Waals surface area (Å²) < 4.78 is 0. The highest BCUT2D eigenvalue weighted by molar-refractivity contribution is 6.20. The summed E-state index contributed by atoms with van der Waals surface area (Å²) in [6.45, 7) is -0.410. The Kier molecular flexibility index (Phi) is 4.66. The first-order chi connectivity index (χ1) is 10.0. The number of hydroxylamine groups is 2. The van der Waals surface area contributed by atoms with Crippen molar-refractivity contribution in [2.45, 2.75) is 25.4 Å². The minimum Gasteiger partial charge on any atom is -0.481 e. The van der Waals surface area contributed by atoms with Crippen molar-refractivity contribution >= 4 is 17.8 Å². The van der Waals surface area contributed by atoms with Gasteiger partial charge in [-0.25, -0.2) is 0 Å². The van der Waals surface area contributed by atoms with Crippen LogP contribution in [0.5, 0.6) is 0 Å². The molecule has 1 aliphatic rings. The number of nitrogens with zero attached hydrogens (tertiary/aromatic N) is 1. The molecule has 0 fully saturated rings. The van der Waals surface area contributed by atoms with E-state index in [-0.39, 0.29) is 30.4 Å². The Morgan fingerprint density at radius 3 is 2.24 bits per heavy atom. The van der Waals surface area contributed by atoms with Crippen molar-refractivity contribution < 1.29 is 29.4 Å². The van der Waals surface area contributed by atoms with E-state index in [1.807, 2.05) is 0 Å². The number of aliphatic hydroxyl groups is 1. The van der Waals surface area contributed by atoms with Gasteiger partial charge >= 0.3 is 5.97 Å². The number of hydrogen-bond donors (Lipinski definition) is 2. The van der Waals surface area contributed by atoms with Gasteiger partial charge in [0.15, 0.2) is 0 Å². The number of carboxylic acid groups (broad SMARTS) is 1. The van der Waals surface area contributed by atoms with E-state index in [1.54, 1.807) is 12.1 Å². The fourth-order valence-corrected chi connectivity index (χ4v) is 2.07. The van der Waals surface area contributed by atoms with Crippen LogP contribution in [0.2, 0.25) is 0 Å². The molecule has 0 aromatic heterocycles. The molecule has 1 heterocycles. The molecule has 7 nitrogen and oxygen atoms in total. The molecule has 112 valence electrons. The summed E-state index contributed by atoms with van der Waals surface area (Å²) in [6, 6.07) is 6.34. The Balaban J connectivity index is 2.01. The maximum Gasteiger partial charge on any atom is 0.303 e. The van der Waals surface area contributed by atoms with Gasteiger partial charge in [0, 0.05) is 6.42 Å². The number of imide groups is 1. The lowest BCUT2D eigenvalue weighted by atomic mass is 10.1. The van der Waals surface area contributed by atoms with Crippen LogP contribution in [0, 0.1) is 0 Å². The maximum absolute atomic E-state index is 12.0. The van der Waals surface area contributed by atoms with Crippen molar-refractivity contribution in [1.82, 2.24) is 5.06 Å². The van der Waals surface area contributed by atoms with Crippen LogP contribution in [0.4, 0.5) is 0 Å². The third-order valence-electron chi connectivity index (χ3n) is 3.13. The molecule has 1 atom stereocenters. The molecule has 1 aromatic rings. The normalized spacial score (nSPS) is 15.2. The van der Waals surface area contributed by atoms with E-state index in [2.05, 4.69) is 0 Å². The second-order valence-corrected chi connectivity index (χ2v) is 4.65. The Labute approximate surface area is 120 Å². The lowest BCUT2D eigenvalue weighted by molar-refractivity contribution is -0.148. The monoisotopic (exact) mass is 293 g/mol. The Morgan fingerprint density at radius 1 is 1.19 bits per heavy atom. The predicted octanol–water partition coefficient (Wildman–Crippen LogP) is 0.830. The number of amides is 2. The number of benzene rings is 1. The largest absolute Gasteiger partial charge is 0.481 e. The summed E-state index contributed by atoms with van der Waals surface area (Å²) in [6.07, 6.45) is -0.353. The number of fused-ring (bicyclic) bond motifs is 1. The van der Waals surface area contributed by atoms with Gasteiger partial charge in [-0.05, 0) is 25.0 Å². The fourth-order valence-electron chi connectivity index (χ4n) is 2.07. The van der Waals surface area contributed by atoms with Gasteiger partial charge in [0.05, 0.1) is 17.7 Å². The van der Waals surface area contributed by atoms with E-state index in [0.717, 1.165) is 0 Å². The second-order valence-electron chi connectivity index (χ2n) is 4.65. The zero-order valence-corrected chi connectivity index (χ0v) is 11.2. The average molecular weight is 293 g/mol. The first-order valence-electron chi connectivity index (χ1n) is 6.52. The van der Waals surface area contributed by atoms with Gasteiger partial charge in [-0.3, -0.25) is 19.2 Å². The van der Waals surface area contributed by atoms with Gasteiger partial charge in [-0.2, -0.15) is 0 Å². The molecule has 2 N–H and O–H groups in total. The minimum atomic E-state index is -0.951. The van der Waals surface area contributed by atoms with Gasteiger partial charge in [0.1, 0.15) is 6.10 Å². The summed E-state index contributed by atoms with van der Waals surface area (Å²) in [5.41, 5.74) is 0.509. The van der Waals surface area contributed by atoms with Gasteiger partial charge in [0.25, 0.3) is 11.8 Å². The van der Waals surface area contributed by atoms with E-state index in [4.69, 9.17) is 9.94 Å². The number of rotatable bonds is 7. The van der Waals surface area contributed by atoms with Crippen LogP contribution in [0.15, 0.2) is 24.3 Å². The van der Waals surface area contributed by atoms with Gasteiger partial charge in [-0.1, -0.05) is 12.1 Å². The van der Waals surface area contributed by atoms with Crippen LogP contribution in [-0.2, 0) is 9.63 Å². The van der Waals surface area contributed by atoms with Crippen LogP contribution in [0.1, 0.15) is 40.0 Å². The molecule has 0 bridgehead atoms. The zero-order chi connectivity index (χ0) is 15.4. The lowest BCUT2D eigenvalue weighted by Crippen LogP contribution is -2.36. The van der Waals surface area contributed by atoms with Crippen LogP contribution in [-0.4, -0.2) is 45.8 Å². The van der Waals surface area contributed by atoms with Gasteiger partial charge in [-0.15, -0.1) is 5.06 Å². The van der Waals surface area contributed by atoms with Crippen LogP contribution in [0.25, 0.3) is 0 Å². The first kappa shape index (κ1) is 15.1. The van der Waals surface area contributed by atoms with Crippen molar-refractivity contribution in [1.29, 1.82) is 0 Å². The molecule has 1 aliphatic heterocycles. The minimum absolute atomic E-state index is 0.0675. The van der Waals surface area contributed by atoms with Crippen LogP contribution < -0.4 is 0 Å². The number of hydrogen-bond acceptors (Lipinski definition) is 5. The molecule has 0 saturated heterocycles. The van der Waals surface area contributed by atoms with Gasteiger partial charge in [0.2, 0.25) is 0 Å². The van der Waals surface area contributed by atoms with E-state index >= 15 is 0 Å². The third-order valence-corrected chi connectivity index (χ3v) is 3.13. The predicted molar refractivity (Wildman–Crippen MR) is 70.4 cm³/mol. The number of carboxylic acids is 1. The van der Waals surface area contributed by atoms with Crippen molar-refractivity contribution in [3.05, 3.63) is 35.4 Å². The lowest BCUT2D eigenvalue weighted by Gasteiger charge is -2.20. The highest BCUT2D eigenvalue weighted by Gasteiger charge is 2.37. The summed E-state index contributed by atoms with van der Waals surface area (Å²) in [7, 11) is 0. The molecule has 2 amide bonds. The van der Waals surface area contributed by atoms with Crippen molar-refractivity contribution in [2.24, 2.45) is 0 Å². The fraction of sp³-hybridized carbons (Fsp3) is 0.357. The number of carbonyl (C=O) groups excluding carboxylic acids is 2. The highest BCUT2D eigenvalue weighted by Crippen LogP contribution is 2.24. The van der Waals surface area contributed by atoms with Crippen molar-refractivity contribution in [3.8, 4) is 0 Å². The SMILES string of the molecule is O=C(O)CCCC(CO)ON1C(=O)c2ccccc2C1=O. The summed E-state index contributed by atoms with van der Waals surface area (Å²) in [5, 5.41) is 18.4. The molecule has 0 spiro atoms. The van der Waals surface area contributed by atoms with E-state index in [9.17, 15) is 19.5 Å². The number of aliphatic hydroxyl groups excluding tert-OH is 1. The molecule has 0 radical (unpaired) electrons. The standard InChI is InChI=1S/C14H15NO6/c16-8-9(4-3-7-12(17)18)21-15-13(19)10-5-1-2-6-11(10)14(15)20/h1-2,5-6,9,16H,3-4,7-8H2,(H,17,18). The van der Waals surface area contributed by atoms with E-state index in [1.165, 1.54) is 12.1 Å². The first-order valence-corrected chi connectivity index (χ1v) is 6.52. The smallest absolute Gasteiger partial charge is 0.303 e. The van der Waals surface area contributed by atoms with Crippen LogP contribution in [0.3, 0.4) is 0 Å². The molecular formula is C14H15NO6. The summed E-state index contributed by atoms with van der Waals surface area (Å²) in [4.78, 5) is 39.8. The molecule has 1 aromatic carbocycles. The zero-order valence-electron chi connectivity index (χ0n) is 11.2. The molecule has 2 rings (SSSR count). The molecule has 7 heteroatoms. The highest BCUT2D eigenvalue weighted by atomic mass is 16.7. The molecule has 0 aliphatic carbocycles. The van der Waals surface area contributed by atoms with E-state index in [0.29, 0.717) is 5.06 Å². The average Bonchev–Trinajstić information content (AvgIpc) is 2.71.